The number of aromatic nitrogens is 2. The Morgan fingerprint density at radius 1 is 1.53 bits per heavy atom. The Balaban J connectivity index is 1.78. The summed E-state index contributed by atoms with van der Waals surface area (Å²) in [7, 11) is 1.76. The van der Waals surface area contributed by atoms with Crippen molar-refractivity contribution in [2.75, 3.05) is 31.2 Å². The van der Waals surface area contributed by atoms with Crippen molar-refractivity contribution in [2.45, 2.75) is 24.9 Å². The van der Waals surface area contributed by atoms with Crippen LogP contribution in [0.25, 0.3) is 0 Å². The van der Waals surface area contributed by atoms with Crippen molar-refractivity contribution in [1.82, 2.24) is 14.9 Å². The summed E-state index contributed by atoms with van der Waals surface area (Å²) >= 11 is 0. The predicted octanol–water partition coefficient (Wildman–Crippen LogP) is -0.262. The summed E-state index contributed by atoms with van der Waals surface area (Å²) in [5.74, 6) is 0.538. The van der Waals surface area contributed by atoms with E-state index in [0.29, 0.717) is 25.1 Å². The molecule has 6 nitrogen and oxygen atoms in total. The number of anilines is 1. The molecule has 2 fully saturated rings. The van der Waals surface area contributed by atoms with Gasteiger partial charge in [-0.2, -0.15) is 0 Å². The molecule has 1 unspecified atom stereocenters. The van der Waals surface area contributed by atoms with Gasteiger partial charge in [-0.1, -0.05) is 0 Å². The quantitative estimate of drug-likeness (QED) is 0.812. The molecule has 1 atom stereocenters. The number of nitrogens with zero attached hydrogens (tertiary/aromatic N) is 3. The molecule has 19 heavy (non-hydrogen) atoms. The second-order valence-electron chi connectivity index (χ2n) is 5.27. The van der Waals surface area contributed by atoms with Gasteiger partial charge in [-0.25, -0.2) is 4.98 Å². The SMILES string of the molecule is Cn1ccnc(N2CCOCC2CNC2CC2)c1=O. The summed E-state index contributed by atoms with van der Waals surface area (Å²) in [6, 6.07) is 0.854. The number of morpholine rings is 1. The van der Waals surface area contributed by atoms with Crippen LogP contribution >= 0.6 is 0 Å². The minimum atomic E-state index is -0.0409. The maximum atomic E-state index is 12.2. The molecule has 1 N–H and O–H groups in total. The molecule has 0 spiro atoms. The van der Waals surface area contributed by atoms with E-state index in [-0.39, 0.29) is 11.6 Å². The average molecular weight is 264 g/mol. The van der Waals surface area contributed by atoms with Gasteiger partial charge in [-0.05, 0) is 12.8 Å². The third-order valence-corrected chi connectivity index (χ3v) is 3.72. The molecule has 1 saturated carbocycles. The zero-order valence-electron chi connectivity index (χ0n) is 11.2. The number of hydrogen-bond donors (Lipinski definition) is 1. The van der Waals surface area contributed by atoms with Crippen molar-refractivity contribution < 1.29 is 4.74 Å². The van der Waals surface area contributed by atoms with Gasteiger partial charge in [0.1, 0.15) is 0 Å². The fraction of sp³-hybridized carbons (Fsp3) is 0.692. The van der Waals surface area contributed by atoms with Crippen molar-refractivity contribution in [1.29, 1.82) is 0 Å². The summed E-state index contributed by atoms with van der Waals surface area (Å²) in [6.45, 7) is 2.88. The lowest BCUT2D eigenvalue weighted by molar-refractivity contribution is 0.0930. The smallest absolute Gasteiger partial charge is 0.293 e. The highest BCUT2D eigenvalue weighted by atomic mass is 16.5. The number of nitrogens with one attached hydrogen (secondary N) is 1. The van der Waals surface area contributed by atoms with E-state index in [0.717, 1.165) is 13.1 Å². The number of rotatable bonds is 4. The minimum absolute atomic E-state index is 0.0409. The number of aryl methyl sites for hydroxylation is 1. The van der Waals surface area contributed by atoms with Crippen LogP contribution in [0.2, 0.25) is 0 Å². The maximum absolute atomic E-state index is 12.2. The molecule has 104 valence electrons. The Kier molecular flexibility index (Phi) is 3.52. The van der Waals surface area contributed by atoms with Gasteiger partial charge in [0.15, 0.2) is 5.82 Å². The topological polar surface area (TPSA) is 59.4 Å². The van der Waals surface area contributed by atoms with Crippen LogP contribution in [-0.4, -0.2) is 47.9 Å². The molecule has 1 aromatic heterocycles. The second kappa shape index (κ2) is 5.30. The normalized spacial score (nSPS) is 23.6. The van der Waals surface area contributed by atoms with Crippen molar-refractivity contribution >= 4 is 5.82 Å². The van der Waals surface area contributed by atoms with Gasteiger partial charge in [0.2, 0.25) is 0 Å². The molecule has 0 aromatic carbocycles. The van der Waals surface area contributed by atoms with Gasteiger partial charge >= 0.3 is 0 Å². The van der Waals surface area contributed by atoms with E-state index >= 15 is 0 Å². The third kappa shape index (κ3) is 2.79. The van der Waals surface area contributed by atoms with E-state index < -0.39 is 0 Å². The first kappa shape index (κ1) is 12.6. The van der Waals surface area contributed by atoms with E-state index in [4.69, 9.17) is 4.74 Å². The average Bonchev–Trinajstić information content (AvgIpc) is 3.24. The highest BCUT2D eigenvalue weighted by Gasteiger charge is 2.28. The summed E-state index contributed by atoms with van der Waals surface area (Å²) in [5, 5.41) is 3.50. The van der Waals surface area contributed by atoms with E-state index in [2.05, 4.69) is 15.2 Å². The number of ether oxygens (including phenoxy) is 1. The van der Waals surface area contributed by atoms with Crippen LogP contribution in [0.15, 0.2) is 17.2 Å². The van der Waals surface area contributed by atoms with Crippen molar-refractivity contribution in [3.63, 3.8) is 0 Å². The van der Waals surface area contributed by atoms with Crippen LogP contribution in [0.1, 0.15) is 12.8 Å². The zero-order chi connectivity index (χ0) is 13.2. The molecule has 1 saturated heterocycles. The maximum Gasteiger partial charge on any atom is 0.293 e. The van der Waals surface area contributed by atoms with E-state index in [1.54, 1.807) is 24.0 Å². The highest BCUT2D eigenvalue weighted by Crippen LogP contribution is 2.19. The van der Waals surface area contributed by atoms with Gasteiger partial charge < -0.3 is 19.5 Å². The molecule has 0 amide bonds. The van der Waals surface area contributed by atoms with Crippen LogP contribution in [0.3, 0.4) is 0 Å². The Bertz CT molecular complexity index is 498. The second-order valence-corrected chi connectivity index (χ2v) is 5.27. The molecule has 1 aromatic rings. The predicted molar refractivity (Wildman–Crippen MR) is 72.5 cm³/mol. The monoisotopic (exact) mass is 264 g/mol. The van der Waals surface area contributed by atoms with E-state index in [1.165, 1.54) is 12.8 Å². The lowest BCUT2D eigenvalue weighted by Gasteiger charge is -2.36. The molecule has 3 rings (SSSR count). The summed E-state index contributed by atoms with van der Waals surface area (Å²) in [6.07, 6.45) is 5.89. The third-order valence-electron chi connectivity index (χ3n) is 3.72. The van der Waals surface area contributed by atoms with Gasteiger partial charge in [0, 0.05) is 38.6 Å². The first-order valence-electron chi connectivity index (χ1n) is 6.85. The molecule has 2 aliphatic rings. The van der Waals surface area contributed by atoms with Crippen molar-refractivity contribution in [3.05, 3.63) is 22.7 Å². The van der Waals surface area contributed by atoms with Gasteiger partial charge in [-0.3, -0.25) is 4.79 Å². The minimum Gasteiger partial charge on any atom is -0.377 e. The molecule has 0 radical (unpaired) electrons. The van der Waals surface area contributed by atoms with Crippen LogP contribution in [0.5, 0.6) is 0 Å². The Morgan fingerprint density at radius 2 is 2.37 bits per heavy atom. The Morgan fingerprint density at radius 3 is 3.16 bits per heavy atom. The van der Waals surface area contributed by atoms with E-state index in [1.807, 2.05) is 0 Å². The largest absolute Gasteiger partial charge is 0.377 e. The molecule has 6 heteroatoms. The van der Waals surface area contributed by atoms with Gasteiger partial charge in [-0.15, -0.1) is 0 Å². The lowest BCUT2D eigenvalue weighted by Crippen LogP contribution is -2.53. The first-order chi connectivity index (χ1) is 9.25. The van der Waals surface area contributed by atoms with E-state index in [9.17, 15) is 4.79 Å². The highest BCUT2D eigenvalue weighted by molar-refractivity contribution is 5.38. The van der Waals surface area contributed by atoms with Crippen molar-refractivity contribution in [3.8, 4) is 0 Å². The molecular formula is C13H20N4O2. The molecule has 0 bridgehead atoms. The van der Waals surface area contributed by atoms with Crippen LogP contribution in [0.4, 0.5) is 5.82 Å². The first-order valence-corrected chi connectivity index (χ1v) is 6.85. The van der Waals surface area contributed by atoms with Crippen LogP contribution in [0, 0.1) is 0 Å². The zero-order valence-corrected chi connectivity index (χ0v) is 11.2. The van der Waals surface area contributed by atoms with Gasteiger partial charge in [0.25, 0.3) is 5.56 Å². The Labute approximate surface area is 112 Å². The van der Waals surface area contributed by atoms with Gasteiger partial charge in [0.05, 0.1) is 19.3 Å². The lowest BCUT2D eigenvalue weighted by atomic mass is 10.2. The molecule has 1 aliphatic heterocycles. The molecular weight excluding hydrogens is 244 g/mol. The standard InChI is InChI=1S/C13H20N4O2/c1-16-5-4-14-12(13(16)18)17-6-7-19-9-11(17)8-15-10-2-3-10/h4-5,10-11,15H,2-3,6-9H2,1H3. The Hall–Kier alpha value is -1.40. The summed E-state index contributed by atoms with van der Waals surface area (Å²) in [4.78, 5) is 18.5. The van der Waals surface area contributed by atoms with Crippen LogP contribution in [-0.2, 0) is 11.8 Å². The summed E-state index contributed by atoms with van der Waals surface area (Å²) in [5.41, 5.74) is -0.0409. The fourth-order valence-electron chi connectivity index (χ4n) is 2.37. The van der Waals surface area contributed by atoms with Crippen molar-refractivity contribution in [2.24, 2.45) is 7.05 Å². The number of hydrogen-bond acceptors (Lipinski definition) is 5. The fourth-order valence-corrected chi connectivity index (χ4v) is 2.37. The molecule has 1 aliphatic carbocycles. The van der Waals surface area contributed by atoms with Crippen LogP contribution < -0.4 is 15.8 Å². The summed E-state index contributed by atoms with van der Waals surface area (Å²) < 4.78 is 7.11. The molecule has 2 heterocycles.